The molecule has 0 N–H and O–H groups in total. The minimum absolute atomic E-state index is 0.256. The van der Waals surface area contributed by atoms with Crippen molar-refractivity contribution in [3.63, 3.8) is 0 Å². The molecule has 1 heterocycles. The van der Waals surface area contributed by atoms with Crippen molar-refractivity contribution in [2.24, 2.45) is 0 Å². The molecule has 0 saturated heterocycles. The maximum atomic E-state index is 12.6. The molecule has 3 aromatic rings. The lowest BCUT2D eigenvalue weighted by Gasteiger charge is -2.21. The number of aromatic nitrogens is 1. The smallest absolute Gasteiger partial charge is 0.340 e. The fraction of sp³-hybridized carbons (Fsp3) is 0.208. The summed E-state index contributed by atoms with van der Waals surface area (Å²) in [5, 5.41) is 0. The standard InChI is InChI=1S/C24H24N2O3/c1-17-21(14-15-22(25-17)20-12-8-5-9-13-20)24(28)29-18(2)23(27)26(3)16-19-10-6-4-7-11-19/h4-15,18H,16H2,1-3H3. The topological polar surface area (TPSA) is 59.5 Å². The summed E-state index contributed by atoms with van der Waals surface area (Å²) in [6.45, 7) is 3.80. The lowest BCUT2D eigenvalue weighted by molar-refractivity contribution is -0.139. The normalized spacial score (nSPS) is 11.6. The Kier molecular flexibility index (Phi) is 6.39. The van der Waals surface area contributed by atoms with Gasteiger partial charge in [-0.15, -0.1) is 0 Å². The second-order valence-electron chi connectivity index (χ2n) is 6.92. The third kappa shape index (κ3) is 5.08. The molecule has 3 rings (SSSR count). The van der Waals surface area contributed by atoms with Gasteiger partial charge in [-0.3, -0.25) is 9.78 Å². The third-order valence-electron chi connectivity index (χ3n) is 4.65. The molecule has 0 bridgehead atoms. The molecule has 29 heavy (non-hydrogen) atoms. The van der Waals surface area contributed by atoms with E-state index in [-0.39, 0.29) is 5.91 Å². The summed E-state index contributed by atoms with van der Waals surface area (Å²) in [5.41, 5.74) is 3.69. The van der Waals surface area contributed by atoms with Crippen LogP contribution in [0.4, 0.5) is 0 Å². The molecule has 0 radical (unpaired) electrons. The van der Waals surface area contributed by atoms with Gasteiger partial charge in [0.2, 0.25) is 0 Å². The molecule has 0 aliphatic rings. The molecular formula is C24H24N2O3. The number of amides is 1. The van der Waals surface area contributed by atoms with Crippen LogP contribution in [-0.4, -0.2) is 34.9 Å². The Morgan fingerprint density at radius 1 is 0.966 bits per heavy atom. The molecule has 0 spiro atoms. The maximum absolute atomic E-state index is 12.6. The highest BCUT2D eigenvalue weighted by Crippen LogP contribution is 2.19. The summed E-state index contributed by atoms with van der Waals surface area (Å²) in [6.07, 6.45) is -0.885. The second-order valence-corrected chi connectivity index (χ2v) is 6.92. The number of carbonyl (C=O) groups is 2. The van der Waals surface area contributed by atoms with E-state index >= 15 is 0 Å². The SMILES string of the molecule is Cc1nc(-c2ccccc2)ccc1C(=O)OC(C)C(=O)N(C)Cc1ccccc1. The van der Waals surface area contributed by atoms with Crippen LogP contribution in [0, 0.1) is 6.92 Å². The Bertz CT molecular complexity index is 988. The zero-order chi connectivity index (χ0) is 20.8. The zero-order valence-corrected chi connectivity index (χ0v) is 16.8. The molecular weight excluding hydrogens is 364 g/mol. The molecule has 0 saturated carbocycles. The summed E-state index contributed by atoms with van der Waals surface area (Å²) in [7, 11) is 1.70. The summed E-state index contributed by atoms with van der Waals surface area (Å²) in [4.78, 5) is 31.2. The van der Waals surface area contributed by atoms with Gasteiger partial charge < -0.3 is 9.64 Å². The number of carbonyl (C=O) groups excluding carboxylic acids is 2. The van der Waals surface area contributed by atoms with Crippen molar-refractivity contribution in [3.05, 3.63) is 89.6 Å². The van der Waals surface area contributed by atoms with E-state index in [4.69, 9.17) is 4.74 Å². The lowest BCUT2D eigenvalue weighted by atomic mass is 10.1. The monoisotopic (exact) mass is 388 g/mol. The molecule has 5 nitrogen and oxygen atoms in total. The van der Waals surface area contributed by atoms with E-state index in [1.165, 1.54) is 0 Å². The van der Waals surface area contributed by atoms with Crippen LogP contribution in [0.15, 0.2) is 72.8 Å². The number of hydrogen-bond acceptors (Lipinski definition) is 4. The minimum atomic E-state index is -0.885. The highest BCUT2D eigenvalue weighted by Gasteiger charge is 2.23. The van der Waals surface area contributed by atoms with Crippen LogP contribution >= 0.6 is 0 Å². The second kappa shape index (κ2) is 9.15. The number of aryl methyl sites for hydroxylation is 1. The number of hydrogen-bond donors (Lipinski definition) is 0. The fourth-order valence-electron chi connectivity index (χ4n) is 3.07. The van der Waals surface area contributed by atoms with E-state index in [9.17, 15) is 9.59 Å². The van der Waals surface area contributed by atoms with Crippen LogP contribution in [0.25, 0.3) is 11.3 Å². The lowest BCUT2D eigenvalue weighted by Crippen LogP contribution is -2.37. The predicted molar refractivity (Wildman–Crippen MR) is 112 cm³/mol. The number of nitrogens with zero attached hydrogens (tertiary/aromatic N) is 2. The molecule has 5 heteroatoms. The highest BCUT2D eigenvalue weighted by molar-refractivity contribution is 5.93. The highest BCUT2D eigenvalue weighted by atomic mass is 16.5. The Balaban J connectivity index is 1.65. The number of ether oxygens (including phenoxy) is 1. The van der Waals surface area contributed by atoms with Crippen molar-refractivity contribution < 1.29 is 14.3 Å². The number of esters is 1. The van der Waals surface area contributed by atoms with E-state index in [1.54, 1.807) is 37.9 Å². The van der Waals surface area contributed by atoms with Gasteiger partial charge in [-0.1, -0.05) is 60.7 Å². The van der Waals surface area contributed by atoms with Crippen molar-refractivity contribution in [1.29, 1.82) is 0 Å². The molecule has 1 atom stereocenters. The van der Waals surface area contributed by atoms with Crippen molar-refractivity contribution in [1.82, 2.24) is 9.88 Å². The number of benzene rings is 2. The van der Waals surface area contributed by atoms with Crippen LogP contribution in [-0.2, 0) is 16.1 Å². The van der Waals surface area contributed by atoms with Gasteiger partial charge in [0.15, 0.2) is 6.10 Å². The summed E-state index contributed by atoms with van der Waals surface area (Å²) in [5.74, 6) is -0.808. The number of pyridine rings is 1. The molecule has 1 aromatic heterocycles. The Morgan fingerprint density at radius 2 is 1.59 bits per heavy atom. The van der Waals surface area contributed by atoms with Crippen LogP contribution in [0.3, 0.4) is 0 Å². The first-order valence-corrected chi connectivity index (χ1v) is 9.48. The van der Waals surface area contributed by atoms with Crippen LogP contribution < -0.4 is 0 Å². The van der Waals surface area contributed by atoms with Crippen molar-refractivity contribution in [2.45, 2.75) is 26.5 Å². The average molecular weight is 388 g/mol. The molecule has 1 unspecified atom stereocenters. The van der Waals surface area contributed by atoms with Gasteiger partial charge in [-0.25, -0.2) is 4.79 Å². The first-order valence-electron chi connectivity index (χ1n) is 9.48. The first-order chi connectivity index (χ1) is 14.0. The average Bonchev–Trinajstić information content (AvgIpc) is 2.74. The number of rotatable bonds is 6. The summed E-state index contributed by atoms with van der Waals surface area (Å²) in [6, 6.07) is 22.9. The van der Waals surface area contributed by atoms with E-state index < -0.39 is 12.1 Å². The molecule has 1 amide bonds. The Labute approximate surface area is 171 Å². The zero-order valence-electron chi connectivity index (χ0n) is 16.8. The van der Waals surface area contributed by atoms with E-state index in [0.29, 0.717) is 17.8 Å². The summed E-state index contributed by atoms with van der Waals surface area (Å²) < 4.78 is 5.41. The Morgan fingerprint density at radius 3 is 2.21 bits per heavy atom. The van der Waals surface area contributed by atoms with E-state index in [2.05, 4.69) is 4.98 Å². The molecule has 0 aliphatic heterocycles. The van der Waals surface area contributed by atoms with Crippen LogP contribution in [0.2, 0.25) is 0 Å². The van der Waals surface area contributed by atoms with Gasteiger partial charge >= 0.3 is 5.97 Å². The first kappa shape index (κ1) is 20.3. The van der Waals surface area contributed by atoms with Gasteiger partial charge in [0, 0.05) is 19.2 Å². The van der Waals surface area contributed by atoms with Crippen molar-refractivity contribution in [3.8, 4) is 11.3 Å². The third-order valence-corrected chi connectivity index (χ3v) is 4.65. The van der Waals surface area contributed by atoms with E-state index in [1.807, 2.05) is 60.7 Å². The minimum Gasteiger partial charge on any atom is -0.449 e. The number of likely N-dealkylation sites (N-methyl/N-ethyl adjacent to an activating group) is 1. The maximum Gasteiger partial charge on any atom is 0.340 e. The molecule has 0 aliphatic carbocycles. The largest absolute Gasteiger partial charge is 0.449 e. The molecule has 148 valence electrons. The van der Waals surface area contributed by atoms with Crippen LogP contribution in [0.1, 0.15) is 28.5 Å². The molecule has 2 aromatic carbocycles. The quantitative estimate of drug-likeness (QED) is 0.592. The van der Waals surface area contributed by atoms with Gasteiger partial charge in [-0.05, 0) is 31.5 Å². The van der Waals surface area contributed by atoms with Crippen LogP contribution in [0.5, 0.6) is 0 Å². The van der Waals surface area contributed by atoms with Gasteiger partial charge in [0.25, 0.3) is 5.91 Å². The van der Waals surface area contributed by atoms with Crippen molar-refractivity contribution in [2.75, 3.05) is 7.05 Å². The molecule has 0 fully saturated rings. The van der Waals surface area contributed by atoms with Crippen molar-refractivity contribution >= 4 is 11.9 Å². The Hall–Kier alpha value is -3.47. The predicted octanol–water partition coefficient (Wildman–Crippen LogP) is 4.26. The van der Waals surface area contributed by atoms with E-state index in [0.717, 1.165) is 16.8 Å². The van der Waals surface area contributed by atoms with Gasteiger partial charge in [0.05, 0.1) is 17.0 Å². The summed E-state index contributed by atoms with van der Waals surface area (Å²) >= 11 is 0. The fourth-order valence-corrected chi connectivity index (χ4v) is 3.07. The van der Waals surface area contributed by atoms with Gasteiger partial charge in [-0.2, -0.15) is 0 Å². The van der Waals surface area contributed by atoms with Gasteiger partial charge in [0.1, 0.15) is 0 Å².